The Kier molecular flexibility index (Phi) is 10.4. The summed E-state index contributed by atoms with van der Waals surface area (Å²) in [5.41, 5.74) is 1.04. The molecule has 1 aromatic carbocycles. The average Bonchev–Trinajstić information content (AvgIpc) is 2.53. The van der Waals surface area contributed by atoms with E-state index >= 15 is 0 Å². The summed E-state index contributed by atoms with van der Waals surface area (Å²) in [6.45, 7) is 8.95. The summed E-state index contributed by atoms with van der Waals surface area (Å²) in [5.74, 6) is 0.870. The Morgan fingerprint density at radius 1 is 1.17 bits per heavy atom. The van der Waals surface area contributed by atoms with Gasteiger partial charge in [-0.25, -0.2) is 0 Å². The van der Waals surface area contributed by atoms with E-state index in [2.05, 4.69) is 26.1 Å². The third kappa shape index (κ3) is 10.1. The Morgan fingerprint density at radius 2 is 1.91 bits per heavy atom. The summed E-state index contributed by atoms with van der Waals surface area (Å²) in [7, 11) is 0. The zero-order chi connectivity index (χ0) is 16.9. The van der Waals surface area contributed by atoms with Crippen LogP contribution in [0.4, 0.5) is 0 Å². The molecule has 0 aromatic heterocycles. The average molecular weight is 319 g/mol. The molecule has 0 aliphatic rings. The predicted octanol–water partition coefficient (Wildman–Crippen LogP) is 4.56. The van der Waals surface area contributed by atoms with Gasteiger partial charge in [-0.15, -0.1) is 0 Å². The summed E-state index contributed by atoms with van der Waals surface area (Å²) in [4.78, 5) is 12.1. The van der Waals surface area contributed by atoms with Crippen LogP contribution in [-0.4, -0.2) is 19.1 Å². The number of hydrogen-bond donors (Lipinski definition) is 1. The molecule has 1 aromatic rings. The molecular formula is C20H33NO2. The molecule has 0 spiro atoms. The highest BCUT2D eigenvalue weighted by molar-refractivity contribution is 5.69. The number of carbonyl (C=O) groups is 1. The molecular weight excluding hydrogens is 286 g/mol. The van der Waals surface area contributed by atoms with Gasteiger partial charge in [-0.05, 0) is 43.3 Å². The molecule has 3 heteroatoms. The first-order valence-corrected chi connectivity index (χ1v) is 9.02. The number of hydrogen-bond acceptors (Lipinski definition) is 3. The number of esters is 1. The second-order valence-corrected chi connectivity index (χ2v) is 6.76. The number of unbranched alkanes of at least 4 members (excludes halogenated alkanes) is 2. The van der Waals surface area contributed by atoms with Crippen molar-refractivity contribution in [3.05, 3.63) is 35.9 Å². The van der Waals surface area contributed by atoms with Crippen LogP contribution < -0.4 is 5.32 Å². The van der Waals surface area contributed by atoms with Gasteiger partial charge < -0.3 is 10.1 Å². The molecule has 23 heavy (non-hydrogen) atoms. The van der Waals surface area contributed by atoms with Crippen LogP contribution in [0.15, 0.2) is 30.3 Å². The molecule has 1 rings (SSSR count). The maximum atomic E-state index is 12.1. The van der Waals surface area contributed by atoms with Crippen molar-refractivity contribution in [2.24, 2.45) is 11.8 Å². The van der Waals surface area contributed by atoms with E-state index in [0.29, 0.717) is 24.9 Å². The smallest absolute Gasteiger partial charge is 0.306 e. The van der Waals surface area contributed by atoms with Gasteiger partial charge >= 0.3 is 5.97 Å². The van der Waals surface area contributed by atoms with E-state index in [4.69, 9.17) is 4.74 Å². The zero-order valence-electron chi connectivity index (χ0n) is 15.0. The van der Waals surface area contributed by atoms with E-state index in [1.165, 1.54) is 19.3 Å². The van der Waals surface area contributed by atoms with Crippen LogP contribution in [0.2, 0.25) is 0 Å². The quantitative estimate of drug-likeness (QED) is 0.453. The van der Waals surface area contributed by atoms with Crippen molar-refractivity contribution in [2.45, 2.75) is 59.5 Å². The van der Waals surface area contributed by atoms with Gasteiger partial charge in [-0.2, -0.15) is 0 Å². The van der Waals surface area contributed by atoms with Crippen molar-refractivity contribution in [1.29, 1.82) is 0 Å². The monoisotopic (exact) mass is 319 g/mol. The van der Waals surface area contributed by atoms with Crippen LogP contribution in [0.3, 0.4) is 0 Å². The van der Waals surface area contributed by atoms with Gasteiger partial charge in [0.05, 0.1) is 0 Å². The van der Waals surface area contributed by atoms with Crippen molar-refractivity contribution >= 4 is 5.97 Å². The van der Waals surface area contributed by atoms with Crippen molar-refractivity contribution in [2.75, 3.05) is 13.1 Å². The third-order valence-electron chi connectivity index (χ3n) is 3.89. The highest BCUT2D eigenvalue weighted by Gasteiger charge is 2.16. The summed E-state index contributed by atoms with van der Waals surface area (Å²) >= 11 is 0. The zero-order valence-corrected chi connectivity index (χ0v) is 15.0. The van der Waals surface area contributed by atoms with Crippen LogP contribution >= 0.6 is 0 Å². The Labute approximate surface area is 141 Å². The SMILES string of the molecule is CCCCCNC[C@H](CC(=O)OCc1ccccc1)CC(C)C. The van der Waals surface area contributed by atoms with Gasteiger partial charge in [-0.1, -0.05) is 63.9 Å². The lowest BCUT2D eigenvalue weighted by molar-refractivity contribution is -0.146. The van der Waals surface area contributed by atoms with E-state index in [-0.39, 0.29) is 5.97 Å². The molecule has 0 unspecified atom stereocenters. The first kappa shape index (κ1) is 19.7. The minimum atomic E-state index is -0.0881. The largest absolute Gasteiger partial charge is 0.461 e. The maximum Gasteiger partial charge on any atom is 0.306 e. The van der Waals surface area contributed by atoms with E-state index in [1.54, 1.807) is 0 Å². The molecule has 1 atom stereocenters. The minimum absolute atomic E-state index is 0.0881. The molecule has 0 bridgehead atoms. The number of carbonyl (C=O) groups excluding carboxylic acids is 1. The van der Waals surface area contributed by atoms with Crippen molar-refractivity contribution in [3.8, 4) is 0 Å². The van der Waals surface area contributed by atoms with Gasteiger partial charge in [-0.3, -0.25) is 4.79 Å². The summed E-state index contributed by atoms with van der Waals surface area (Å²) in [6.07, 6.45) is 5.28. The van der Waals surface area contributed by atoms with Crippen LogP contribution in [0.5, 0.6) is 0 Å². The van der Waals surface area contributed by atoms with Gasteiger partial charge in [0.25, 0.3) is 0 Å². The topological polar surface area (TPSA) is 38.3 Å². The van der Waals surface area contributed by atoms with Crippen LogP contribution in [0.1, 0.15) is 58.4 Å². The minimum Gasteiger partial charge on any atom is -0.461 e. The lowest BCUT2D eigenvalue weighted by atomic mass is 9.94. The van der Waals surface area contributed by atoms with Crippen LogP contribution in [0.25, 0.3) is 0 Å². The van der Waals surface area contributed by atoms with E-state index in [0.717, 1.165) is 25.1 Å². The van der Waals surface area contributed by atoms with Gasteiger partial charge in [0.2, 0.25) is 0 Å². The molecule has 0 saturated carbocycles. The highest BCUT2D eigenvalue weighted by atomic mass is 16.5. The van der Waals surface area contributed by atoms with Gasteiger partial charge in [0, 0.05) is 6.42 Å². The molecule has 0 aliphatic carbocycles. The number of benzene rings is 1. The fraction of sp³-hybridized carbons (Fsp3) is 0.650. The predicted molar refractivity (Wildman–Crippen MR) is 96.2 cm³/mol. The highest BCUT2D eigenvalue weighted by Crippen LogP contribution is 2.16. The normalized spacial score (nSPS) is 12.3. The maximum absolute atomic E-state index is 12.1. The number of rotatable bonds is 12. The lowest BCUT2D eigenvalue weighted by Crippen LogP contribution is -2.27. The molecule has 0 fully saturated rings. The second-order valence-electron chi connectivity index (χ2n) is 6.76. The Balaban J connectivity index is 2.31. The number of ether oxygens (including phenoxy) is 1. The molecule has 130 valence electrons. The first-order valence-electron chi connectivity index (χ1n) is 9.02. The second kappa shape index (κ2) is 12.1. The first-order chi connectivity index (χ1) is 11.1. The van der Waals surface area contributed by atoms with Crippen molar-refractivity contribution < 1.29 is 9.53 Å². The molecule has 3 nitrogen and oxygen atoms in total. The van der Waals surface area contributed by atoms with Crippen LogP contribution in [-0.2, 0) is 16.1 Å². The standard InChI is InChI=1S/C20H33NO2/c1-4-5-9-12-21-15-19(13-17(2)3)14-20(22)23-16-18-10-7-6-8-11-18/h6-8,10-11,17,19,21H,4-5,9,12-16H2,1-3H3/t19-/m0/s1. The number of nitrogens with one attached hydrogen (secondary N) is 1. The van der Waals surface area contributed by atoms with Gasteiger partial charge in [0.1, 0.15) is 6.61 Å². The van der Waals surface area contributed by atoms with Crippen LogP contribution in [0, 0.1) is 11.8 Å². The van der Waals surface area contributed by atoms with E-state index in [1.807, 2.05) is 30.3 Å². The Bertz CT molecular complexity index is 417. The van der Waals surface area contributed by atoms with E-state index in [9.17, 15) is 4.79 Å². The summed E-state index contributed by atoms with van der Waals surface area (Å²) < 4.78 is 5.42. The van der Waals surface area contributed by atoms with Crippen molar-refractivity contribution in [1.82, 2.24) is 5.32 Å². The molecule has 0 heterocycles. The lowest BCUT2D eigenvalue weighted by Gasteiger charge is -2.19. The Morgan fingerprint density at radius 3 is 2.57 bits per heavy atom. The fourth-order valence-corrected chi connectivity index (χ4v) is 2.74. The molecule has 0 radical (unpaired) electrons. The molecule has 0 aliphatic heterocycles. The third-order valence-corrected chi connectivity index (χ3v) is 3.89. The Hall–Kier alpha value is -1.35. The molecule has 0 amide bonds. The van der Waals surface area contributed by atoms with Gasteiger partial charge in [0.15, 0.2) is 0 Å². The fourth-order valence-electron chi connectivity index (χ4n) is 2.74. The summed E-state index contributed by atoms with van der Waals surface area (Å²) in [6, 6.07) is 9.85. The van der Waals surface area contributed by atoms with E-state index < -0.39 is 0 Å². The summed E-state index contributed by atoms with van der Waals surface area (Å²) in [5, 5.41) is 3.50. The molecule has 1 N–H and O–H groups in total. The van der Waals surface area contributed by atoms with Crippen molar-refractivity contribution in [3.63, 3.8) is 0 Å². The molecule has 0 saturated heterocycles.